The maximum atomic E-state index is 12.5. The number of halogens is 3. The molecule has 1 saturated heterocycles. The van der Waals surface area contributed by atoms with E-state index >= 15 is 0 Å². The van der Waals surface area contributed by atoms with E-state index < -0.39 is 6.30 Å². The number of likely N-dealkylation sites (tertiary alicyclic amines) is 1. The molecule has 110 valence electrons. The first-order chi connectivity index (χ1) is 9.39. The quantitative estimate of drug-likeness (QED) is 0.780. The van der Waals surface area contributed by atoms with E-state index in [2.05, 4.69) is 0 Å². The maximum Gasteiger partial charge on any atom is 0.459 e. The van der Waals surface area contributed by atoms with Crippen molar-refractivity contribution in [3.8, 4) is 0 Å². The van der Waals surface area contributed by atoms with Crippen LogP contribution in [-0.4, -0.2) is 37.2 Å². The van der Waals surface area contributed by atoms with Crippen LogP contribution in [0.25, 0.3) is 0 Å². The number of rotatable bonds is 2. The molecule has 1 aliphatic heterocycles. The second-order valence-electron chi connectivity index (χ2n) is 4.96. The number of nitrogens with zero attached hydrogens (tertiary/aromatic N) is 2. The van der Waals surface area contributed by atoms with Crippen LogP contribution in [0.1, 0.15) is 12.8 Å². The second kappa shape index (κ2) is 5.83. The van der Waals surface area contributed by atoms with Crippen molar-refractivity contribution in [2.24, 2.45) is 5.92 Å². The van der Waals surface area contributed by atoms with Crippen LogP contribution in [-0.2, 0) is 4.79 Å². The monoisotopic (exact) mass is 286 g/mol. The van der Waals surface area contributed by atoms with Gasteiger partial charge in [0, 0.05) is 31.7 Å². The van der Waals surface area contributed by atoms with Gasteiger partial charge in [0.1, 0.15) is 0 Å². The van der Waals surface area contributed by atoms with E-state index in [0.717, 1.165) is 5.69 Å². The summed E-state index contributed by atoms with van der Waals surface area (Å²) in [5.74, 6) is -0.447. The molecule has 0 bridgehead atoms. The van der Waals surface area contributed by atoms with Crippen molar-refractivity contribution in [3.05, 3.63) is 30.3 Å². The van der Waals surface area contributed by atoms with Crippen molar-refractivity contribution in [3.63, 3.8) is 0 Å². The summed E-state index contributed by atoms with van der Waals surface area (Å²) in [4.78, 5) is 14.3. The highest BCUT2D eigenvalue weighted by Crippen LogP contribution is 2.29. The lowest BCUT2D eigenvalue weighted by molar-refractivity contribution is -0.251. The molecule has 0 aromatic heterocycles. The predicted octanol–water partition coefficient (Wildman–Crippen LogP) is 2.88. The van der Waals surface area contributed by atoms with Gasteiger partial charge in [-0.2, -0.15) is 13.2 Å². The van der Waals surface area contributed by atoms with Crippen LogP contribution in [0.3, 0.4) is 0 Å². The number of benzene rings is 1. The lowest BCUT2D eigenvalue weighted by atomic mass is 9.95. The summed E-state index contributed by atoms with van der Waals surface area (Å²) in [6.45, 7) is -0.217. The Morgan fingerprint density at radius 3 is 2.25 bits per heavy atom. The molecular formula is C14H17F3N2O. The SMILES string of the molecule is CN(C(=O)C1CCN(C(F)(F)F)CC1)c1ccccc1. The molecule has 1 aliphatic rings. The van der Waals surface area contributed by atoms with Gasteiger partial charge in [-0.05, 0) is 25.0 Å². The fourth-order valence-corrected chi connectivity index (χ4v) is 2.43. The molecule has 0 N–H and O–H groups in total. The van der Waals surface area contributed by atoms with Crippen LogP contribution in [0.5, 0.6) is 0 Å². The summed E-state index contributed by atoms with van der Waals surface area (Å²) in [6.07, 6.45) is -3.80. The lowest BCUT2D eigenvalue weighted by Gasteiger charge is -2.33. The van der Waals surface area contributed by atoms with E-state index in [9.17, 15) is 18.0 Å². The zero-order chi connectivity index (χ0) is 14.8. The highest BCUT2D eigenvalue weighted by atomic mass is 19.4. The predicted molar refractivity (Wildman–Crippen MR) is 70.2 cm³/mol. The molecule has 1 aromatic rings. The largest absolute Gasteiger partial charge is 0.459 e. The Hall–Kier alpha value is -1.56. The molecule has 1 amide bonds. The minimum Gasteiger partial charge on any atom is -0.315 e. The Labute approximate surface area is 116 Å². The number of hydrogen-bond acceptors (Lipinski definition) is 2. The van der Waals surface area contributed by atoms with Gasteiger partial charge in [-0.3, -0.25) is 4.79 Å². The van der Waals surface area contributed by atoms with Gasteiger partial charge in [-0.1, -0.05) is 18.2 Å². The molecule has 1 heterocycles. The van der Waals surface area contributed by atoms with E-state index in [1.807, 2.05) is 30.3 Å². The van der Waals surface area contributed by atoms with Gasteiger partial charge in [0.05, 0.1) is 0 Å². The standard InChI is InChI=1S/C14H17F3N2O/c1-18(12-5-3-2-4-6-12)13(20)11-7-9-19(10-8-11)14(15,16)17/h2-6,11H,7-10H2,1H3. The zero-order valence-electron chi connectivity index (χ0n) is 11.2. The fraction of sp³-hybridized carbons (Fsp3) is 0.500. The number of amides is 1. The fourth-order valence-electron chi connectivity index (χ4n) is 2.43. The van der Waals surface area contributed by atoms with Crippen LogP contribution < -0.4 is 4.90 Å². The third kappa shape index (κ3) is 3.30. The highest BCUT2D eigenvalue weighted by molar-refractivity contribution is 5.94. The van der Waals surface area contributed by atoms with Crippen molar-refractivity contribution >= 4 is 11.6 Å². The summed E-state index contributed by atoms with van der Waals surface area (Å²) >= 11 is 0. The van der Waals surface area contributed by atoms with Gasteiger partial charge < -0.3 is 4.90 Å². The zero-order valence-corrected chi connectivity index (χ0v) is 11.2. The minimum absolute atomic E-state index is 0.109. The first-order valence-corrected chi connectivity index (χ1v) is 6.54. The number of piperidine rings is 1. The van der Waals surface area contributed by atoms with E-state index in [0.29, 0.717) is 4.90 Å². The summed E-state index contributed by atoms with van der Waals surface area (Å²) in [6, 6.07) is 9.12. The number of anilines is 1. The summed E-state index contributed by atoms with van der Waals surface area (Å²) in [5, 5.41) is 0. The number of alkyl halides is 3. The Morgan fingerprint density at radius 1 is 1.20 bits per heavy atom. The van der Waals surface area contributed by atoms with Gasteiger partial charge >= 0.3 is 6.30 Å². The third-order valence-electron chi connectivity index (χ3n) is 3.68. The molecule has 0 unspecified atom stereocenters. The van der Waals surface area contributed by atoms with Crippen molar-refractivity contribution in [1.29, 1.82) is 0 Å². The Balaban J connectivity index is 1.95. The molecular weight excluding hydrogens is 269 g/mol. The number of carbonyl (C=O) groups is 1. The van der Waals surface area contributed by atoms with Crippen LogP contribution in [0.15, 0.2) is 30.3 Å². The Kier molecular flexibility index (Phi) is 4.32. The highest BCUT2D eigenvalue weighted by Gasteiger charge is 2.40. The molecule has 0 radical (unpaired) electrons. The first kappa shape index (κ1) is 14.8. The van der Waals surface area contributed by atoms with Crippen LogP contribution in [0.4, 0.5) is 18.9 Å². The molecule has 0 saturated carbocycles. The van der Waals surface area contributed by atoms with Gasteiger partial charge in [0.15, 0.2) is 0 Å². The number of para-hydroxylation sites is 1. The molecule has 0 atom stereocenters. The summed E-state index contributed by atoms with van der Waals surface area (Å²) in [5.41, 5.74) is 0.760. The molecule has 2 rings (SSSR count). The van der Waals surface area contributed by atoms with E-state index in [4.69, 9.17) is 0 Å². The van der Waals surface area contributed by atoms with Crippen molar-refractivity contribution < 1.29 is 18.0 Å². The van der Waals surface area contributed by atoms with Crippen LogP contribution in [0, 0.1) is 5.92 Å². The minimum atomic E-state index is -4.29. The average molecular weight is 286 g/mol. The number of carbonyl (C=O) groups excluding carboxylic acids is 1. The van der Waals surface area contributed by atoms with E-state index in [1.54, 1.807) is 7.05 Å². The normalized spacial score (nSPS) is 18.0. The van der Waals surface area contributed by atoms with Crippen molar-refractivity contribution in [1.82, 2.24) is 4.90 Å². The molecule has 1 fully saturated rings. The van der Waals surface area contributed by atoms with Gasteiger partial charge in [-0.25, -0.2) is 4.90 Å². The van der Waals surface area contributed by atoms with Gasteiger partial charge in [0.25, 0.3) is 0 Å². The first-order valence-electron chi connectivity index (χ1n) is 6.54. The topological polar surface area (TPSA) is 23.6 Å². The summed E-state index contributed by atoms with van der Waals surface area (Å²) < 4.78 is 37.6. The molecule has 3 nitrogen and oxygen atoms in total. The van der Waals surface area contributed by atoms with Crippen LogP contribution >= 0.6 is 0 Å². The molecule has 20 heavy (non-hydrogen) atoms. The van der Waals surface area contributed by atoms with E-state index in [-0.39, 0.29) is 37.8 Å². The summed E-state index contributed by atoms with van der Waals surface area (Å²) in [7, 11) is 1.66. The smallest absolute Gasteiger partial charge is 0.315 e. The second-order valence-corrected chi connectivity index (χ2v) is 4.96. The molecule has 0 spiro atoms. The van der Waals surface area contributed by atoms with E-state index in [1.165, 1.54) is 4.90 Å². The van der Waals surface area contributed by atoms with Crippen molar-refractivity contribution in [2.75, 3.05) is 25.0 Å². The lowest BCUT2D eigenvalue weighted by Crippen LogP contribution is -2.46. The van der Waals surface area contributed by atoms with Crippen LogP contribution in [0.2, 0.25) is 0 Å². The maximum absolute atomic E-state index is 12.5. The number of hydrogen-bond donors (Lipinski definition) is 0. The van der Waals surface area contributed by atoms with Gasteiger partial charge in [0.2, 0.25) is 5.91 Å². The Bertz CT molecular complexity index is 453. The molecule has 6 heteroatoms. The average Bonchev–Trinajstić information content (AvgIpc) is 2.46. The van der Waals surface area contributed by atoms with Gasteiger partial charge in [-0.15, -0.1) is 0 Å². The Morgan fingerprint density at radius 2 is 1.75 bits per heavy atom. The third-order valence-corrected chi connectivity index (χ3v) is 3.68. The molecule has 0 aliphatic carbocycles. The van der Waals surface area contributed by atoms with Crippen molar-refractivity contribution in [2.45, 2.75) is 19.1 Å². The molecule has 1 aromatic carbocycles.